The molecule has 0 aliphatic rings. The summed E-state index contributed by atoms with van der Waals surface area (Å²) >= 11 is 1.28. The molecule has 19 heavy (non-hydrogen) atoms. The maximum Gasteiger partial charge on any atom is 0.205 e. The first kappa shape index (κ1) is 11.9. The van der Waals surface area contributed by atoms with Gasteiger partial charge in [-0.1, -0.05) is 6.07 Å². The van der Waals surface area contributed by atoms with Crippen molar-refractivity contribution < 1.29 is 13.9 Å². The van der Waals surface area contributed by atoms with Gasteiger partial charge >= 0.3 is 0 Å². The largest absolute Gasteiger partial charge is 0.496 e. The van der Waals surface area contributed by atoms with E-state index in [-0.39, 0.29) is 5.78 Å². The fourth-order valence-electron chi connectivity index (χ4n) is 2.00. The zero-order valence-corrected chi connectivity index (χ0v) is 10.9. The van der Waals surface area contributed by atoms with Crippen molar-refractivity contribution in [2.24, 2.45) is 0 Å². The maximum absolute atomic E-state index is 13.8. The molecule has 2 heterocycles. The van der Waals surface area contributed by atoms with Gasteiger partial charge in [-0.25, -0.2) is 4.39 Å². The average molecular weight is 275 g/mol. The average Bonchev–Trinajstić information content (AvgIpc) is 3.05. The number of fused-ring (bicyclic) bond motifs is 1. The summed E-state index contributed by atoms with van der Waals surface area (Å²) in [7, 11) is 1.54. The third-order valence-corrected chi connectivity index (χ3v) is 3.84. The van der Waals surface area contributed by atoms with Crippen LogP contribution in [-0.4, -0.2) is 17.9 Å². The Morgan fingerprint density at radius 1 is 1.42 bits per heavy atom. The second-order valence-electron chi connectivity index (χ2n) is 4.04. The number of hydrogen-bond donors (Lipinski definition) is 1. The highest BCUT2D eigenvalue weighted by Gasteiger charge is 2.18. The van der Waals surface area contributed by atoms with E-state index in [0.717, 1.165) is 0 Å². The zero-order chi connectivity index (χ0) is 13.4. The number of ketones is 1. The van der Waals surface area contributed by atoms with Crippen molar-refractivity contribution in [1.82, 2.24) is 4.98 Å². The second-order valence-corrected chi connectivity index (χ2v) is 4.96. The Bertz CT molecular complexity index is 760. The van der Waals surface area contributed by atoms with Gasteiger partial charge in [0.2, 0.25) is 5.78 Å². The number of ether oxygens (including phenoxy) is 1. The van der Waals surface area contributed by atoms with Gasteiger partial charge in [-0.2, -0.15) is 0 Å². The van der Waals surface area contributed by atoms with Gasteiger partial charge < -0.3 is 9.72 Å². The van der Waals surface area contributed by atoms with Gasteiger partial charge in [-0.15, -0.1) is 11.3 Å². The fraction of sp³-hybridized carbons (Fsp3) is 0.0714. The monoisotopic (exact) mass is 275 g/mol. The molecule has 0 bridgehead atoms. The number of halogens is 1. The first-order chi connectivity index (χ1) is 9.20. The minimum absolute atomic E-state index is 0.204. The number of aromatic amines is 1. The first-order valence-corrected chi connectivity index (χ1v) is 6.51. The van der Waals surface area contributed by atoms with Crippen molar-refractivity contribution >= 4 is 28.0 Å². The van der Waals surface area contributed by atoms with E-state index < -0.39 is 5.82 Å². The zero-order valence-electron chi connectivity index (χ0n) is 10.1. The smallest absolute Gasteiger partial charge is 0.205 e. The van der Waals surface area contributed by atoms with Gasteiger partial charge in [0.1, 0.15) is 11.6 Å². The summed E-state index contributed by atoms with van der Waals surface area (Å²) in [6.45, 7) is 0. The number of thiophene rings is 1. The van der Waals surface area contributed by atoms with Crippen LogP contribution in [0.25, 0.3) is 10.9 Å². The molecule has 0 saturated carbocycles. The molecule has 3 nitrogen and oxygen atoms in total. The van der Waals surface area contributed by atoms with Crippen LogP contribution in [-0.2, 0) is 0 Å². The molecule has 0 amide bonds. The number of rotatable bonds is 3. The number of nitrogens with one attached hydrogen (secondary N) is 1. The molecule has 1 N–H and O–H groups in total. The number of H-pyrrole nitrogens is 1. The maximum atomic E-state index is 13.8. The quantitative estimate of drug-likeness (QED) is 0.742. The third-order valence-electron chi connectivity index (χ3n) is 2.93. The summed E-state index contributed by atoms with van der Waals surface area (Å²) in [5.41, 5.74) is 0.962. The summed E-state index contributed by atoms with van der Waals surface area (Å²) in [5.74, 6) is 0.0314. The molecule has 0 aliphatic carbocycles. The molecular formula is C14H10FNO2S. The van der Waals surface area contributed by atoms with Crippen molar-refractivity contribution in [3.63, 3.8) is 0 Å². The lowest BCUT2D eigenvalue weighted by molar-refractivity contribution is 0.104. The van der Waals surface area contributed by atoms with E-state index >= 15 is 0 Å². The lowest BCUT2D eigenvalue weighted by Crippen LogP contribution is -1.98. The van der Waals surface area contributed by atoms with Crippen LogP contribution in [0.2, 0.25) is 0 Å². The lowest BCUT2D eigenvalue weighted by Gasteiger charge is -1.97. The van der Waals surface area contributed by atoms with Crippen LogP contribution < -0.4 is 4.74 Å². The van der Waals surface area contributed by atoms with Crippen LogP contribution in [0.15, 0.2) is 35.8 Å². The van der Waals surface area contributed by atoms with Gasteiger partial charge in [-0.3, -0.25) is 4.79 Å². The Morgan fingerprint density at radius 3 is 3.00 bits per heavy atom. The summed E-state index contributed by atoms with van der Waals surface area (Å²) < 4.78 is 18.9. The summed E-state index contributed by atoms with van der Waals surface area (Å²) in [6.07, 6.45) is 1.54. The van der Waals surface area contributed by atoms with E-state index in [0.29, 0.717) is 27.1 Å². The third kappa shape index (κ3) is 1.92. The molecule has 0 saturated heterocycles. The van der Waals surface area contributed by atoms with Crippen LogP contribution in [0.3, 0.4) is 0 Å². The van der Waals surface area contributed by atoms with Crippen molar-refractivity contribution in [2.75, 3.05) is 7.11 Å². The van der Waals surface area contributed by atoms with Crippen LogP contribution in [0.4, 0.5) is 4.39 Å². The predicted molar refractivity (Wildman–Crippen MR) is 72.6 cm³/mol. The number of hydrogen-bond acceptors (Lipinski definition) is 3. The van der Waals surface area contributed by atoms with Gasteiger partial charge in [0.15, 0.2) is 0 Å². The Morgan fingerprint density at radius 2 is 2.26 bits per heavy atom. The standard InChI is InChI=1S/C14H10FNO2S/c1-18-8-5-12(19-7-8)14(17)9-6-16-11-4-2-3-10(15)13(9)11/h2-7,16H,1H3. The van der Waals surface area contributed by atoms with E-state index in [4.69, 9.17) is 4.74 Å². The molecule has 3 rings (SSSR count). The summed E-state index contributed by atoms with van der Waals surface area (Å²) in [5, 5.41) is 2.08. The van der Waals surface area contributed by atoms with Crippen LogP contribution in [0.1, 0.15) is 15.2 Å². The van der Waals surface area contributed by atoms with E-state index in [1.807, 2.05) is 0 Å². The molecular weight excluding hydrogens is 265 g/mol. The van der Waals surface area contributed by atoms with Gasteiger partial charge in [0, 0.05) is 28.5 Å². The highest BCUT2D eigenvalue weighted by atomic mass is 32.1. The van der Waals surface area contributed by atoms with Crippen LogP contribution >= 0.6 is 11.3 Å². The number of methoxy groups -OCH3 is 1. The number of carbonyl (C=O) groups excluding carboxylic acids is 1. The highest BCUT2D eigenvalue weighted by Crippen LogP contribution is 2.28. The molecule has 0 spiro atoms. The second kappa shape index (κ2) is 4.51. The molecule has 1 aromatic carbocycles. The van der Waals surface area contributed by atoms with Crippen molar-refractivity contribution in [3.05, 3.63) is 52.1 Å². The number of carbonyl (C=O) groups is 1. The summed E-state index contributed by atoms with van der Waals surface area (Å²) in [4.78, 5) is 15.8. The van der Waals surface area contributed by atoms with Crippen LogP contribution in [0.5, 0.6) is 5.75 Å². The summed E-state index contributed by atoms with van der Waals surface area (Å²) in [6, 6.07) is 6.36. The van der Waals surface area contributed by atoms with E-state index in [2.05, 4.69) is 4.98 Å². The molecule has 5 heteroatoms. The Balaban J connectivity index is 2.11. The molecule has 2 aromatic heterocycles. The Labute approximate surface area is 112 Å². The normalized spacial score (nSPS) is 10.8. The van der Waals surface area contributed by atoms with Crippen molar-refractivity contribution in [1.29, 1.82) is 0 Å². The molecule has 0 unspecified atom stereocenters. The van der Waals surface area contributed by atoms with Gasteiger partial charge in [0.25, 0.3) is 0 Å². The van der Waals surface area contributed by atoms with Gasteiger partial charge in [-0.05, 0) is 12.1 Å². The number of benzene rings is 1. The topological polar surface area (TPSA) is 42.1 Å². The van der Waals surface area contributed by atoms with E-state index in [9.17, 15) is 9.18 Å². The molecule has 0 fully saturated rings. The van der Waals surface area contributed by atoms with Crippen molar-refractivity contribution in [3.8, 4) is 5.75 Å². The fourth-order valence-corrected chi connectivity index (χ4v) is 2.81. The molecule has 3 aromatic rings. The van der Waals surface area contributed by atoms with E-state index in [1.165, 1.54) is 17.4 Å². The van der Waals surface area contributed by atoms with Crippen molar-refractivity contribution in [2.45, 2.75) is 0 Å². The molecule has 0 aliphatic heterocycles. The highest BCUT2D eigenvalue weighted by molar-refractivity contribution is 7.12. The SMILES string of the molecule is COc1csc(C(=O)c2c[nH]c3cccc(F)c23)c1. The first-order valence-electron chi connectivity index (χ1n) is 5.63. The molecule has 96 valence electrons. The van der Waals surface area contributed by atoms with E-state index in [1.54, 1.807) is 36.9 Å². The Kier molecular flexibility index (Phi) is 2.83. The Hall–Kier alpha value is -2.14. The lowest BCUT2D eigenvalue weighted by atomic mass is 10.1. The van der Waals surface area contributed by atoms with Crippen LogP contribution in [0, 0.1) is 5.82 Å². The predicted octanol–water partition coefficient (Wildman–Crippen LogP) is 3.61. The molecule has 0 atom stereocenters. The van der Waals surface area contributed by atoms with Gasteiger partial charge in [0.05, 0.1) is 17.6 Å². The number of aromatic nitrogens is 1. The minimum atomic E-state index is -0.398. The minimum Gasteiger partial charge on any atom is -0.496 e. The molecule has 0 radical (unpaired) electrons.